The second kappa shape index (κ2) is 6.96. The number of hydrogen-bond donors (Lipinski definition) is 0. The summed E-state index contributed by atoms with van der Waals surface area (Å²) in [5, 5.41) is 0. The number of amides is 1. The van der Waals surface area contributed by atoms with Crippen molar-refractivity contribution in [2.24, 2.45) is 0 Å². The number of carbonyl (C=O) groups excluding carboxylic acids is 1. The first kappa shape index (κ1) is 16.3. The highest BCUT2D eigenvalue weighted by atomic mass is 19.1. The average Bonchev–Trinajstić information content (AvgIpc) is 2.63. The molecule has 0 bridgehead atoms. The Morgan fingerprint density at radius 2 is 1.80 bits per heavy atom. The van der Waals surface area contributed by atoms with Crippen molar-refractivity contribution in [3.63, 3.8) is 0 Å². The summed E-state index contributed by atoms with van der Waals surface area (Å²) in [5.74, 6) is -0.102. The first-order valence-electron chi connectivity index (χ1n) is 8.93. The lowest BCUT2D eigenvalue weighted by Gasteiger charge is -2.39. The molecule has 4 rings (SSSR count). The third-order valence-electron chi connectivity index (χ3n) is 5.33. The van der Waals surface area contributed by atoms with E-state index < -0.39 is 0 Å². The summed E-state index contributed by atoms with van der Waals surface area (Å²) >= 11 is 0. The lowest BCUT2D eigenvalue weighted by atomic mass is 9.76. The van der Waals surface area contributed by atoms with Gasteiger partial charge < -0.3 is 9.64 Å². The molecule has 1 aliphatic heterocycles. The Balaban J connectivity index is 1.56. The van der Waals surface area contributed by atoms with E-state index in [1.165, 1.54) is 17.7 Å². The molecule has 2 aromatic carbocycles. The summed E-state index contributed by atoms with van der Waals surface area (Å²) in [6.07, 6.45) is 2.54. The molecule has 4 heteroatoms. The molecule has 1 amide bonds. The topological polar surface area (TPSA) is 29.5 Å². The van der Waals surface area contributed by atoms with E-state index in [-0.39, 0.29) is 23.7 Å². The van der Waals surface area contributed by atoms with Gasteiger partial charge >= 0.3 is 0 Å². The van der Waals surface area contributed by atoms with Crippen LogP contribution in [0.2, 0.25) is 0 Å². The molecule has 2 aliphatic rings. The maximum Gasteiger partial charge on any atom is 0.231 e. The van der Waals surface area contributed by atoms with Gasteiger partial charge in [-0.25, -0.2) is 4.39 Å². The summed E-state index contributed by atoms with van der Waals surface area (Å²) in [6, 6.07) is 14.8. The van der Waals surface area contributed by atoms with Crippen LogP contribution in [0.15, 0.2) is 48.5 Å². The zero-order valence-corrected chi connectivity index (χ0v) is 14.2. The zero-order chi connectivity index (χ0) is 17.2. The van der Waals surface area contributed by atoms with Gasteiger partial charge in [-0.2, -0.15) is 0 Å². The number of ether oxygens (including phenoxy) is 1. The van der Waals surface area contributed by atoms with E-state index in [2.05, 4.69) is 12.1 Å². The second-order valence-electron chi connectivity index (χ2n) is 6.89. The number of benzene rings is 2. The van der Waals surface area contributed by atoms with Gasteiger partial charge in [-0.05, 0) is 48.1 Å². The second-order valence-corrected chi connectivity index (χ2v) is 6.89. The van der Waals surface area contributed by atoms with Crippen molar-refractivity contribution in [3.8, 4) is 0 Å². The third-order valence-corrected chi connectivity index (χ3v) is 5.33. The molecule has 2 aromatic rings. The fraction of sp³-hybridized carbons (Fsp3) is 0.381. The van der Waals surface area contributed by atoms with Crippen LogP contribution in [0.1, 0.15) is 35.4 Å². The monoisotopic (exact) mass is 339 g/mol. The molecule has 0 unspecified atom stereocenters. The average molecular weight is 339 g/mol. The highest BCUT2D eigenvalue weighted by Crippen LogP contribution is 2.37. The van der Waals surface area contributed by atoms with Crippen LogP contribution in [0.4, 0.5) is 4.39 Å². The lowest BCUT2D eigenvalue weighted by molar-refractivity contribution is -0.138. The third kappa shape index (κ3) is 3.31. The number of halogens is 1. The number of fused-ring (bicyclic) bond motifs is 1. The number of carbonyl (C=O) groups is 1. The van der Waals surface area contributed by atoms with Gasteiger partial charge in [0.15, 0.2) is 0 Å². The quantitative estimate of drug-likeness (QED) is 0.850. The van der Waals surface area contributed by atoms with Crippen molar-refractivity contribution in [1.82, 2.24) is 4.90 Å². The smallest absolute Gasteiger partial charge is 0.231 e. The first-order valence-corrected chi connectivity index (χ1v) is 8.93. The highest BCUT2D eigenvalue weighted by molar-refractivity contribution is 5.87. The molecule has 1 saturated heterocycles. The first-order chi connectivity index (χ1) is 12.2. The molecule has 0 spiro atoms. The van der Waals surface area contributed by atoms with E-state index in [0.29, 0.717) is 19.8 Å². The van der Waals surface area contributed by atoms with Crippen LogP contribution < -0.4 is 0 Å². The molecule has 0 aromatic heterocycles. The SMILES string of the molecule is O=C([C@@H]1Cc2ccccc21)N(Cc1ccc(F)cc1)C1CCOCC1. The Morgan fingerprint density at radius 1 is 1.08 bits per heavy atom. The largest absolute Gasteiger partial charge is 0.381 e. The van der Waals surface area contributed by atoms with Gasteiger partial charge in [0, 0.05) is 25.8 Å². The van der Waals surface area contributed by atoms with Gasteiger partial charge in [0.1, 0.15) is 5.82 Å². The van der Waals surface area contributed by atoms with E-state index in [4.69, 9.17) is 4.74 Å². The molecule has 3 nitrogen and oxygen atoms in total. The molecule has 130 valence electrons. The maximum absolute atomic E-state index is 13.3. The summed E-state index contributed by atoms with van der Waals surface area (Å²) in [4.78, 5) is 15.3. The van der Waals surface area contributed by atoms with E-state index in [0.717, 1.165) is 30.4 Å². The lowest BCUT2D eigenvalue weighted by Crippen LogP contribution is -2.47. The molecular weight excluding hydrogens is 317 g/mol. The molecule has 1 heterocycles. The van der Waals surface area contributed by atoms with Crippen LogP contribution in [0.5, 0.6) is 0 Å². The van der Waals surface area contributed by atoms with Crippen molar-refractivity contribution >= 4 is 5.91 Å². The maximum atomic E-state index is 13.3. The minimum atomic E-state index is -0.249. The fourth-order valence-corrected chi connectivity index (χ4v) is 3.85. The fourth-order valence-electron chi connectivity index (χ4n) is 3.85. The van der Waals surface area contributed by atoms with Gasteiger partial charge in [0.2, 0.25) is 5.91 Å². The van der Waals surface area contributed by atoms with Crippen molar-refractivity contribution < 1.29 is 13.9 Å². The Labute approximate surface area is 147 Å². The van der Waals surface area contributed by atoms with Crippen LogP contribution >= 0.6 is 0 Å². The standard InChI is InChI=1S/C21H22FNO2/c22-17-7-5-15(6-8-17)14-23(18-9-11-25-12-10-18)21(24)20-13-16-3-1-2-4-19(16)20/h1-8,18,20H,9-14H2/t20-/m1/s1. The Morgan fingerprint density at radius 3 is 2.52 bits per heavy atom. The van der Waals surface area contributed by atoms with Gasteiger partial charge in [0.05, 0.1) is 5.92 Å². The van der Waals surface area contributed by atoms with E-state index in [1.54, 1.807) is 12.1 Å². The number of nitrogens with zero attached hydrogens (tertiary/aromatic N) is 1. The van der Waals surface area contributed by atoms with Crippen LogP contribution in [0.3, 0.4) is 0 Å². The van der Waals surface area contributed by atoms with Gasteiger partial charge in [0.25, 0.3) is 0 Å². The molecule has 0 N–H and O–H groups in total. The molecule has 1 fully saturated rings. The number of hydrogen-bond acceptors (Lipinski definition) is 2. The Kier molecular flexibility index (Phi) is 4.53. The predicted molar refractivity (Wildman–Crippen MR) is 93.7 cm³/mol. The molecular formula is C21H22FNO2. The van der Waals surface area contributed by atoms with Gasteiger partial charge in [-0.15, -0.1) is 0 Å². The van der Waals surface area contributed by atoms with E-state index in [1.807, 2.05) is 17.0 Å². The van der Waals surface area contributed by atoms with Crippen LogP contribution in [0, 0.1) is 5.82 Å². The summed E-state index contributed by atoms with van der Waals surface area (Å²) < 4.78 is 18.7. The molecule has 1 aliphatic carbocycles. The predicted octanol–water partition coefficient (Wildman–Crippen LogP) is 3.67. The summed E-state index contributed by atoms with van der Waals surface area (Å²) in [7, 11) is 0. The van der Waals surface area contributed by atoms with Crippen LogP contribution in [-0.4, -0.2) is 30.1 Å². The Bertz CT molecular complexity index is 753. The van der Waals surface area contributed by atoms with Crippen LogP contribution in [-0.2, 0) is 22.5 Å². The zero-order valence-electron chi connectivity index (χ0n) is 14.2. The van der Waals surface area contributed by atoms with Crippen molar-refractivity contribution in [1.29, 1.82) is 0 Å². The minimum absolute atomic E-state index is 0.0421. The molecule has 0 radical (unpaired) electrons. The van der Waals surface area contributed by atoms with Crippen molar-refractivity contribution in [2.75, 3.05) is 13.2 Å². The molecule has 1 atom stereocenters. The van der Waals surface area contributed by atoms with Crippen molar-refractivity contribution in [3.05, 3.63) is 71.0 Å². The van der Waals surface area contributed by atoms with E-state index >= 15 is 0 Å². The number of rotatable bonds is 4. The normalized spacial score (nSPS) is 19.8. The van der Waals surface area contributed by atoms with Gasteiger partial charge in [-0.3, -0.25) is 4.79 Å². The molecule has 0 saturated carbocycles. The summed E-state index contributed by atoms with van der Waals surface area (Å²) in [6.45, 7) is 1.92. The molecule has 25 heavy (non-hydrogen) atoms. The Hall–Kier alpha value is -2.20. The van der Waals surface area contributed by atoms with Crippen LogP contribution in [0.25, 0.3) is 0 Å². The van der Waals surface area contributed by atoms with Crippen molar-refractivity contribution in [2.45, 2.75) is 37.8 Å². The summed E-state index contributed by atoms with van der Waals surface area (Å²) in [5.41, 5.74) is 3.40. The minimum Gasteiger partial charge on any atom is -0.381 e. The highest BCUT2D eigenvalue weighted by Gasteiger charge is 2.37. The van der Waals surface area contributed by atoms with E-state index in [9.17, 15) is 9.18 Å². The van der Waals surface area contributed by atoms with Gasteiger partial charge in [-0.1, -0.05) is 36.4 Å².